The van der Waals surface area contributed by atoms with E-state index in [4.69, 9.17) is 4.98 Å². The highest BCUT2D eigenvalue weighted by molar-refractivity contribution is 7.09. The Labute approximate surface area is 146 Å². The molecule has 0 aromatic carbocycles. The molecular weight excluding hydrogens is 322 g/mol. The number of rotatable bonds is 5. The van der Waals surface area contributed by atoms with Crippen molar-refractivity contribution in [3.63, 3.8) is 0 Å². The van der Waals surface area contributed by atoms with Crippen molar-refractivity contribution in [2.24, 2.45) is 0 Å². The van der Waals surface area contributed by atoms with Crippen LogP contribution in [0.4, 0.5) is 0 Å². The Bertz CT molecular complexity index is 693. The van der Waals surface area contributed by atoms with Gasteiger partial charge in [-0.2, -0.15) is 5.10 Å². The molecule has 1 atom stereocenters. The number of nitrogens with one attached hydrogen (secondary N) is 1. The minimum Gasteiger partial charge on any atom is -0.354 e. The third kappa shape index (κ3) is 3.84. The van der Waals surface area contributed by atoms with E-state index in [-0.39, 0.29) is 5.91 Å². The predicted octanol–water partition coefficient (Wildman–Crippen LogP) is 2.66. The second-order valence-corrected chi connectivity index (χ2v) is 7.51. The third-order valence-corrected chi connectivity index (χ3v) is 5.57. The van der Waals surface area contributed by atoms with E-state index in [2.05, 4.69) is 34.5 Å². The highest BCUT2D eigenvalue weighted by atomic mass is 32.1. The van der Waals surface area contributed by atoms with E-state index < -0.39 is 0 Å². The Morgan fingerprint density at radius 1 is 1.50 bits per heavy atom. The van der Waals surface area contributed by atoms with Crippen molar-refractivity contribution in [1.29, 1.82) is 0 Å². The molecule has 0 radical (unpaired) electrons. The second kappa shape index (κ2) is 7.44. The normalized spacial score (nSPS) is 18.9. The first-order valence-electron chi connectivity index (χ1n) is 8.50. The molecular formula is C17H25N5OS. The zero-order valence-corrected chi connectivity index (χ0v) is 15.3. The number of hydrogen-bond donors (Lipinski definition) is 1. The van der Waals surface area contributed by atoms with E-state index in [1.807, 2.05) is 10.9 Å². The summed E-state index contributed by atoms with van der Waals surface area (Å²) in [5, 5.41) is 10.4. The molecule has 6 nitrogen and oxygen atoms in total. The van der Waals surface area contributed by atoms with E-state index >= 15 is 0 Å². The van der Waals surface area contributed by atoms with Gasteiger partial charge in [0.25, 0.3) is 5.91 Å². The van der Waals surface area contributed by atoms with Crippen LogP contribution in [0.5, 0.6) is 0 Å². The van der Waals surface area contributed by atoms with Crippen LogP contribution in [0.25, 0.3) is 0 Å². The second-order valence-electron chi connectivity index (χ2n) is 6.62. The maximum atomic E-state index is 11.7. The van der Waals surface area contributed by atoms with Gasteiger partial charge in [0.05, 0.1) is 16.7 Å². The van der Waals surface area contributed by atoms with Gasteiger partial charge >= 0.3 is 0 Å². The van der Waals surface area contributed by atoms with Gasteiger partial charge in [0.1, 0.15) is 5.69 Å². The minimum atomic E-state index is -0.134. The van der Waals surface area contributed by atoms with Gasteiger partial charge in [0.2, 0.25) is 0 Å². The topological polar surface area (TPSA) is 63.1 Å². The zero-order valence-electron chi connectivity index (χ0n) is 14.5. The monoisotopic (exact) mass is 347 g/mol. The average molecular weight is 347 g/mol. The number of carbonyl (C=O) groups is 1. The Hall–Kier alpha value is -1.73. The van der Waals surface area contributed by atoms with Gasteiger partial charge in [-0.05, 0) is 25.5 Å². The number of likely N-dealkylation sites (tertiary alicyclic amines) is 1. The number of hydrogen-bond acceptors (Lipinski definition) is 5. The van der Waals surface area contributed by atoms with Crippen LogP contribution in [0, 0.1) is 0 Å². The van der Waals surface area contributed by atoms with E-state index in [0.29, 0.717) is 17.7 Å². The summed E-state index contributed by atoms with van der Waals surface area (Å²) < 4.78 is 1.94. The standard InChI is InChI=1S/C17H25N5OS/c1-12(2)17-19-13(11-24-17)9-21-7-4-5-14(10-21)22-8-6-15(20-22)16(23)18-3/h6,8,11-12,14H,4-5,7,9-10H2,1-3H3,(H,18,23)/t14-/m1/s1. The van der Waals surface area contributed by atoms with E-state index in [1.54, 1.807) is 24.5 Å². The molecule has 7 heteroatoms. The average Bonchev–Trinajstić information content (AvgIpc) is 3.24. The van der Waals surface area contributed by atoms with Crippen LogP contribution in [0.3, 0.4) is 0 Å². The molecule has 0 saturated carbocycles. The first-order chi connectivity index (χ1) is 11.6. The molecule has 0 aliphatic carbocycles. The fourth-order valence-electron chi connectivity index (χ4n) is 3.07. The lowest BCUT2D eigenvalue weighted by Gasteiger charge is -2.32. The number of nitrogens with zero attached hydrogens (tertiary/aromatic N) is 4. The van der Waals surface area contributed by atoms with Crippen molar-refractivity contribution in [2.75, 3.05) is 20.1 Å². The molecule has 1 aliphatic rings. The molecule has 3 heterocycles. The smallest absolute Gasteiger partial charge is 0.271 e. The molecule has 24 heavy (non-hydrogen) atoms. The summed E-state index contributed by atoms with van der Waals surface area (Å²) in [5.74, 6) is 0.357. The molecule has 0 unspecified atom stereocenters. The largest absolute Gasteiger partial charge is 0.354 e. The van der Waals surface area contributed by atoms with Crippen LogP contribution in [0.1, 0.15) is 59.8 Å². The van der Waals surface area contributed by atoms with Crippen LogP contribution in [0.15, 0.2) is 17.6 Å². The molecule has 2 aromatic heterocycles. The summed E-state index contributed by atoms with van der Waals surface area (Å²) in [4.78, 5) is 18.8. The first-order valence-corrected chi connectivity index (χ1v) is 9.38. The molecule has 1 N–H and O–H groups in total. The number of aromatic nitrogens is 3. The van der Waals surface area contributed by atoms with Crippen molar-refractivity contribution in [1.82, 2.24) is 25.0 Å². The third-order valence-electron chi connectivity index (χ3n) is 4.37. The summed E-state index contributed by atoms with van der Waals surface area (Å²) in [5.41, 5.74) is 1.64. The van der Waals surface area contributed by atoms with Crippen LogP contribution in [-0.2, 0) is 6.54 Å². The lowest BCUT2D eigenvalue weighted by molar-refractivity contribution is 0.0955. The van der Waals surface area contributed by atoms with Gasteiger partial charge in [0, 0.05) is 37.6 Å². The Balaban J connectivity index is 1.63. The molecule has 1 fully saturated rings. The quantitative estimate of drug-likeness (QED) is 0.903. The molecule has 2 aromatic rings. The molecule has 1 amide bonds. The maximum Gasteiger partial charge on any atom is 0.271 e. The van der Waals surface area contributed by atoms with Crippen LogP contribution < -0.4 is 5.32 Å². The molecule has 0 spiro atoms. The number of carbonyl (C=O) groups excluding carboxylic acids is 1. The molecule has 1 aliphatic heterocycles. The van der Waals surface area contributed by atoms with Gasteiger partial charge in [0.15, 0.2) is 0 Å². The lowest BCUT2D eigenvalue weighted by Crippen LogP contribution is -2.36. The lowest BCUT2D eigenvalue weighted by atomic mass is 10.1. The zero-order chi connectivity index (χ0) is 17.1. The highest BCUT2D eigenvalue weighted by Gasteiger charge is 2.23. The molecule has 0 bridgehead atoms. The van der Waals surface area contributed by atoms with Crippen LogP contribution in [-0.4, -0.2) is 45.7 Å². The van der Waals surface area contributed by atoms with Gasteiger partial charge in [-0.1, -0.05) is 13.8 Å². The van der Waals surface area contributed by atoms with E-state index in [9.17, 15) is 4.79 Å². The van der Waals surface area contributed by atoms with Crippen molar-refractivity contribution in [2.45, 2.75) is 45.2 Å². The summed E-state index contributed by atoms with van der Waals surface area (Å²) >= 11 is 1.75. The summed E-state index contributed by atoms with van der Waals surface area (Å²) in [6.07, 6.45) is 4.15. The van der Waals surface area contributed by atoms with Crippen LogP contribution in [0.2, 0.25) is 0 Å². The number of amides is 1. The first kappa shape index (κ1) is 17.1. The summed E-state index contributed by atoms with van der Waals surface area (Å²) in [6.45, 7) is 7.30. The molecule has 3 rings (SSSR count). The molecule has 130 valence electrons. The number of piperidine rings is 1. The summed E-state index contributed by atoms with van der Waals surface area (Å²) in [6, 6.07) is 2.10. The van der Waals surface area contributed by atoms with E-state index in [0.717, 1.165) is 38.2 Å². The Morgan fingerprint density at radius 2 is 2.33 bits per heavy atom. The van der Waals surface area contributed by atoms with Crippen molar-refractivity contribution < 1.29 is 4.79 Å². The van der Waals surface area contributed by atoms with Crippen molar-refractivity contribution in [3.8, 4) is 0 Å². The SMILES string of the molecule is CNC(=O)c1ccn([C@@H]2CCCN(Cc3csc(C(C)C)n3)C2)n1. The molecule has 1 saturated heterocycles. The fraction of sp³-hybridized carbons (Fsp3) is 0.588. The van der Waals surface area contributed by atoms with Crippen LogP contribution >= 0.6 is 11.3 Å². The fourth-order valence-corrected chi connectivity index (χ4v) is 3.90. The minimum absolute atomic E-state index is 0.134. The predicted molar refractivity (Wildman–Crippen MR) is 95.4 cm³/mol. The Morgan fingerprint density at radius 3 is 3.04 bits per heavy atom. The number of thiazole rings is 1. The highest BCUT2D eigenvalue weighted by Crippen LogP contribution is 2.24. The van der Waals surface area contributed by atoms with Gasteiger partial charge in [-0.3, -0.25) is 14.4 Å². The van der Waals surface area contributed by atoms with Crippen molar-refractivity contribution >= 4 is 17.2 Å². The van der Waals surface area contributed by atoms with E-state index in [1.165, 1.54) is 5.01 Å². The van der Waals surface area contributed by atoms with Gasteiger partial charge in [-0.15, -0.1) is 11.3 Å². The maximum absolute atomic E-state index is 11.7. The summed E-state index contributed by atoms with van der Waals surface area (Å²) in [7, 11) is 1.63. The van der Waals surface area contributed by atoms with Gasteiger partial charge in [-0.25, -0.2) is 4.98 Å². The van der Waals surface area contributed by atoms with Gasteiger partial charge < -0.3 is 5.32 Å². The Kier molecular flexibility index (Phi) is 5.30. The van der Waals surface area contributed by atoms with Crippen molar-refractivity contribution in [3.05, 3.63) is 34.0 Å².